The van der Waals surface area contributed by atoms with Gasteiger partial charge in [0.25, 0.3) is 0 Å². The summed E-state index contributed by atoms with van der Waals surface area (Å²) in [6.07, 6.45) is 7.41. The van der Waals surface area contributed by atoms with Gasteiger partial charge >= 0.3 is 11.8 Å². The van der Waals surface area contributed by atoms with Crippen LogP contribution in [0.2, 0.25) is 0 Å². The highest BCUT2D eigenvalue weighted by Gasteiger charge is 2.34. The Balaban J connectivity index is 0.977. The van der Waals surface area contributed by atoms with E-state index >= 15 is 0 Å². The van der Waals surface area contributed by atoms with E-state index in [4.69, 9.17) is 4.74 Å². The fourth-order valence-electron chi connectivity index (χ4n) is 8.00. The van der Waals surface area contributed by atoms with Crippen molar-refractivity contribution in [2.75, 3.05) is 50.7 Å². The summed E-state index contributed by atoms with van der Waals surface area (Å²) in [5, 5.41) is 2.38. The number of fused-ring (bicyclic) bond motifs is 1. The number of piperidine rings is 4. The van der Waals surface area contributed by atoms with Gasteiger partial charge in [0, 0.05) is 51.9 Å². The van der Waals surface area contributed by atoms with Crippen LogP contribution in [0.5, 0.6) is 0 Å². The van der Waals surface area contributed by atoms with Gasteiger partial charge in [0.1, 0.15) is 11.6 Å². The normalized spacial score (nSPS) is 23.5. The molecule has 0 bridgehead atoms. The number of nitrogens with zero attached hydrogens (tertiary/aromatic N) is 5. The van der Waals surface area contributed by atoms with Crippen LogP contribution in [0.1, 0.15) is 78.2 Å². The molecule has 0 aliphatic carbocycles. The summed E-state index contributed by atoms with van der Waals surface area (Å²) in [7, 11) is 1.75. The Kier molecular flexibility index (Phi) is 9.00. The zero-order chi connectivity index (χ0) is 31.9. The quantitative estimate of drug-likeness (QED) is 0.504. The third-order valence-corrected chi connectivity index (χ3v) is 10.6. The van der Waals surface area contributed by atoms with E-state index in [1.54, 1.807) is 16.2 Å². The zero-order valence-electron chi connectivity index (χ0n) is 27.4. The Morgan fingerprint density at radius 1 is 0.867 bits per heavy atom. The van der Waals surface area contributed by atoms with Crippen molar-refractivity contribution in [1.29, 1.82) is 0 Å². The summed E-state index contributed by atoms with van der Waals surface area (Å²) in [5.41, 5.74) is 1.99. The maximum atomic E-state index is 13.2. The summed E-state index contributed by atoms with van der Waals surface area (Å²) in [4.78, 5) is 56.7. The number of aryl methyl sites for hydroxylation is 1. The number of imidazole rings is 1. The molecule has 0 saturated carbocycles. The lowest BCUT2D eigenvalue weighted by molar-refractivity contribution is -0.135. The number of nitrogens with one attached hydrogen (secondary N) is 1. The number of likely N-dealkylation sites (tertiary alicyclic amines) is 2. The molecule has 1 unspecified atom stereocenters. The van der Waals surface area contributed by atoms with Crippen LogP contribution < -0.4 is 15.9 Å². The number of hydrogen-bond acceptors (Lipinski definition) is 7. The van der Waals surface area contributed by atoms with Gasteiger partial charge in [-0.05, 0) is 115 Å². The monoisotopic (exact) mass is 622 g/mol. The van der Waals surface area contributed by atoms with Gasteiger partial charge in [0.15, 0.2) is 0 Å². The van der Waals surface area contributed by atoms with Crippen molar-refractivity contribution in [3.8, 4) is 0 Å². The summed E-state index contributed by atoms with van der Waals surface area (Å²) < 4.78 is 8.72. The smallest absolute Gasteiger partial charge is 0.410 e. The van der Waals surface area contributed by atoms with Crippen LogP contribution in [-0.4, -0.2) is 88.3 Å². The molecule has 3 amide bonds. The summed E-state index contributed by atoms with van der Waals surface area (Å²) in [5.74, 6) is 1.50. The largest absolute Gasteiger partial charge is 0.444 e. The number of anilines is 1. The molecule has 0 radical (unpaired) electrons. The van der Waals surface area contributed by atoms with Gasteiger partial charge in [-0.1, -0.05) is 0 Å². The molecule has 4 aliphatic heterocycles. The number of carbonyl (C=O) groups excluding carboxylic acids is 3. The topological polar surface area (TPSA) is 109 Å². The second-order valence-corrected chi connectivity index (χ2v) is 14.7. The Bertz CT molecular complexity index is 1470. The maximum absolute atomic E-state index is 13.2. The van der Waals surface area contributed by atoms with Crippen molar-refractivity contribution in [1.82, 2.24) is 24.3 Å². The van der Waals surface area contributed by atoms with Crippen molar-refractivity contribution in [3.05, 3.63) is 28.7 Å². The average molecular weight is 623 g/mol. The first-order valence-electron chi connectivity index (χ1n) is 17.0. The number of aromatic nitrogens is 2. The van der Waals surface area contributed by atoms with E-state index in [9.17, 15) is 19.2 Å². The fourth-order valence-corrected chi connectivity index (χ4v) is 8.00. The van der Waals surface area contributed by atoms with E-state index in [2.05, 4.69) is 27.2 Å². The van der Waals surface area contributed by atoms with E-state index in [0.717, 1.165) is 74.1 Å². The van der Waals surface area contributed by atoms with Crippen molar-refractivity contribution in [2.45, 2.75) is 83.8 Å². The molecule has 4 aliphatic rings. The number of hydrogen-bond donors (Lipinski definition) is 1. The van der Waals surface area contributed by atoms with Crippen molar-refractivity contribution in [2.24, 2.45) is 24.8 Å². The Morgan fingerprint density at radius 3 is 2.13 bits per heavy atom. The molecule has 45 heavy (non-hydrogen) atoms. The van der Waals surface area contributed by atoms with Crippen LogP contribution >= 0.6 is 0 Å². The van der Waals surface area contributed by atoms with Gasteiger partial charge in [-0.2, -0.15) is 0 Å². The van der Waals surface area contributed by atoms with E-state index in [0.29, 0.717) is 12.3 Å². The minimum absolute atomic E-state index is 0.178. The van der Waals surface area contributed by atoms with Gasteiger partial charge in [-0.3, -0.25) is 24.0 Å². The molecular formula is C34H50N6O5. The molecule has 2 aromatic rings. The standard InChI is InChI=1S/C34H50N6O5/c1-34(2,3)45-33(44)39-17-9-23(10-18-39)22-37-15-11-24(12-16-37)25-13-19-38(20-14-25)26-5-6-27-29(21-26)36(4)32(43)40(27)28-7-8-30(41)35-31(28)42/h5-6,21,23-25,28H,7-20,22H2,1-4H3,(H,35,41,42). The Morgan fingerprint density at radius 2 is 1.51 bits per heavy atom. The highest BCUT2D eigenvalue weighted by atomic mass is 16.6. The highest BCUT2D eigenvalue weighted by Crippen LogP contribution is 2.35. The molecule has 11 heteroatoms. The van der Waals surface area contributed by atoms with Gasteiger partial charge in [-0.25, -0.2) is 9.59 Å². The molecule has 5 heterocycles. The van der Waals surface area contributed by atoms with Crippen molar-refractivity contribution >= 4 is 34.6 Å². The second-order valence-electron chi connectivity index (χ2n) is 14.7. The zero-order valence-corrected chi connectivity index (χ0v) is 27.4. The predicted molar refractivity (Wildman–Crippen MR) is 173 cm³/mol. The first-order chi connectivity index (χ1) is 21.5. The first-order valence-corrected chi connectivity index (χ1v) is 17.0. The lowest BCUT2D eigenvalue weighted by Crippen LogP contribution is -2.45. The molecule has 4 saturated heterocycles. The van der Waals surface area contributed by atoms with Crippen LogP contribution in [0, 0.1) is 17.8 Å². The van der Waals surface area contributed by atoms with Gasteiger partial charge in [0.05, 0.1) is 11.0 Å². The minimum atomic E-state index is -0.663. The second kappa shape index (κ2) is 12.8. The number of amides is 3. The molecule has 4 fully saturated rings. The van der Waals surface area contributed by atoms with E-state index in [1.807, 2.05) is 31.7 Å². The van der Waals surface area contributed by atoms with Crippen LogP contribution in [0.3, 0.4) is 0 Å². The predicted octanol–water partition coefficient (Wildman–Crippen LogP) is 3.89. The molecule has 6 rings (SSSR count). The van der Waals surface area contributed by atoms with Crippen molar-refractivity contribution in [3.63, 3.8) is 0 Å². The van der Waals surface area contributed by atoms with Crippen LogP contribution in [0.4, 0.5) is 10.5 Å². The van der Waals surface area contributed by atoms with Crippen LogP contribution in [-0.2, 0) is 21.4 Å². The molecule has 246 valence electrons. The number of ether oxygens (including phenoxy) is 1. The first kappa shape index (κ1) is 31.6. The lowest BCUT2D eigenvalue weighted by Gasteiger charge is -2.42. The van der Waals surface area contributed by atoms with Gasteiger partial charge < -0.3 is 19.4 Å². The average Bonchev–Trinajstić information content (AvgIpc) is 3.26. The third-order valence-electron chi connectivity index (χ3n) is 10.6. The number of rotatable bonds is 5. The van der Waals surface area contributed by atoms with E-state index in [1.165, 1.54) is 38.8 Å². The van der Waals surface area contributed by atoms with Gasteiger partial charge in [0.2, 0.25) is 11.8 Å². The molecule has 1 aromatic heterocycles. The lowest BCUT2D eigenvalue weighted by atomic mass is 9.78. The molecule has 11 nitrogen and oxygen atoms in total. The Hall–Kier alpha value is -3.34. The van der Waals surface area contributed by atoms with Crippen LogP contribution in [0.15, 0.2) is 23.0 Å². The number of benzene rings is 1. The van der Waals surface area contributed by atoms with Crippen LogP contribution in [0.25, 0.3) is 11.0 Å². The molecule has 1 aromatic carbocycles. The summed E-state index contributed by atoms with van der Waals surface area (Å²) in [6.45, 7) is 12.9. The number of carbonyl (C=O) groups is 3. The summed E-state index contributed by atoms with van der Waals surface area (Å²) in [6, 6.07) is 5.44. The number of imide groups is 1. The van der Waals surface area contributed by atoms with Crippen molar-refractivity contribution < 1.29 is 19.1 Å². The molecule has 0 spiro atoms. The highest BCUT2D eigenvalue weighted by molar-refractivity contribution is 6.00. The third kappa shape index (κ3) is 6.93. The van der Waals surface area contributed by atoms with E-state index < -0.39 is 17.6 Å². The van der Waals surface area contributed by atoms with E-state index in [-0.39, 0.29) is 24.1 Å². The van der Waals surface area contributed by atoms with Gasteiger partial charge in [-0.15, -0.1) is 0 Å². The Labute approximate surface area is 265 Å². The SMILES string of the molecule is Cn1c(=O)n(C2CCC(=O)NC2=O)c2ccc(N3CCC(C4CCN(CC5CCN(C(=O)OC(C)(C)C)CC5)CC4)CC3)cc21. The fraction of sp³-hybridized carbons (Fsp3) is 0.706. The molecular weight excluding hydrogens is 572 g/mol. The molecule has 1 atom stereocenters. The maximum Gasteiger partial charge on any atom is 0.410 e. The summed E-state index contributed by atoms with van der Waals surface area (Å²) >= 11 is 0. The minimum Gasteiger partial charge on any atom is -0.444 e. The molecule has 1 N–H and O–H groups in total.